The van der Waals surface area contributed by atoms with Crippen molar-refractivity contribution < 1.29 is 9.59 Å². The Kier molecular flexibility index (Phi) is 4.68. The molecule has 3 nitrogen and oxygen atoms in total. The van der Waals surface area contributed by atoms with E-state index in [0.29, 0.717) is 16.7 Å². The van der Waals surface area contributed by atoms with Crippen LogP contribution < -0.4 is 15.3 Å². The first-order valence-corrected chi connectivity index (χ1v) is 19.1. The van der Waals surface area contributed by atoms with Gasteiger partial charge in [0.2, 0.25) is 0 Å². The molecule has 1 aliphatic carbocycles. The molecule has 0 amide bonds. The maximum absolute atomic E-state index is 13.2. The number of allylic oxidation sites excluding steroid dienone is 1. The van der Waals surface area contributed by atoms with Crippen LogP contribution in [0.25, 0.3) is 15.7 Å². The molecule has 0 atom stereocenters. The van der Waals surface area contributed by atoms with E-state index in [9.17, 15) is 9.59 Å². The number of nitrogens with zero attached hydrogens (tertiary/aromatic N) is 1. The number of hydrogen-bond donors (Lipinski definition) is 0. The van der Waals surface area contributed by atoms with Gasteiger partial charge in [-0.1, -0.05) is 0 Å². The molecule has 0 bridgehead atoms. The van der Waals surface area contributed by atoms with Crippen molar-refractivity contribution in [2.24, 2.45) is 0 Å². The second-order valence-electron chi connectivity index (χ2n) is 8.99. The summed E-state index contributed by atoms with van der Waals surface area (Å²) in [6.45, 7) is 4.87. The number of ketones is 2. The minimum absolute atomic E-state index is 0.0154. The quantitative estimate of drug-likeness (QED) is 0.155. The normalized spacial score (nSPS) is 17.5. The summed E-state index contributed by atoms with van der Waals surface area (Å²) in [6, 6.07) is 14.8. The molecule has 8 heteroatoms. The van der Waals surface area contributed by atoms with Crippen molar-refractivity contribution in [1.29, 1.82) is 0 Å². The van der Waals surface area contributed by atoms with Crippen LogP contribution in [-0.4, -0.2) is 48.6 Å². The van der Waals surface area contributed by atoms with Crippen molar-refractivity contribution in [2.45, 2.75) is 13.1 Å². The Balaban J connectivity index is 1.30. The number of rotatable bonds is 2. The van der Waals surface area contributed by atoms with Crippen LogP contribution in [0.3, 0.4) is 0 Å². The van der Waals surface area contributed by atoms with Gasteiger partial charge in [-0.25, -0.2) is 0 Å². The summed E-state index contributed by atoms with van der Waals surface area (Å²) >= 11 is 3.89. The number of hydrogen-bond acceptors (Lipinski definition) is 5. The Labute approximate surface area is 217 Å². The van der Waals surface area contributed by atoms with Crippen LogP contribution in [0.4, 0.5) is 14.6 Å². The number of carbonyl (C=O) groups excluding carboxylic acids is 2. The molecule has 0 N–H and O–H groups in total. The molecule has 0 spiro atoms. The van der Waals surface area contributed by atoms with E-state index < -0.39 is 8.07 Å². The number of Topliss-reactive ketones (excluding diaryl/α,β-unsaturated/α-hetero) is 2. The predicted octanol–water partition coefficient (Wildman–Crippen LogP) is 5.15. The van der Waals surface area contributed by atoms with Crippen LogP contribution in [0.1, 0.15) is 25.2 Å². The van der Waals surface area contributed by atoms with Crippen LogP contribution in [0.2, 0.25) is 13.1 Å². The molecule has 0 saturated carbocycles. The molecular weight excluding hydrogens is 608 g/mol. The fourth-order valence-electron chi connectivity index (χ4n) is 4.93. The molecule has 5 aromatic rings. The van der Waals surface area contributed by atoms with Crippen LogP contribution in [-0.2, 0) is 0 Å². The molecule has 1 aliphatic heterocycles. The number of fused-ring (bicyclic) bond motifs is 4. The Morgan fingerprint density at radius 3 is 2.26 bits per heavy atom. The molecule has 0 radical (unpaired) electrons. The molecule has 0 saturated heterocycles. The van der Waals surface area contributed by atoms with Crippen molar-refractivity contribution >= 4 is 112 Å². The van der Waals surface area contributed by atoms with Crippen LogP contribution >= 0.6 is 22.7 Å². The van der Waals surface area contributed by atoms with Crippen LogP contribution in [0.15, 0.2) is 63.7 Å². The molecule has 4 aromatic heterocycles. The standard InChI is InChI=1S/C26H17NO2S2Se2Si/c1-34(2)20-5-8-30-25(20)27(26-21(34)6-9-31-26)22-4-3-15(33-22)12-18-23(28)16-11-14-7-10-32-19(14)13-17(16)24(18)29/h3-13H,1-2H3/b18-12+. The minimum atomic E-state index is -1.69. The number of benzene rings is 1. The Hall–Kier alpha value is -2.02. The van der Waals surface area contributed by atoms with Crippen molar-refractivity contribution in [3.63, 3.8) is 0 Å². The monoisotopic (exact) mass is 627 g/mol. The van der Waals surface area contributed by atoms with E-state index in [1.165, 1.54) is 29.2 Å². The Morgan fingerprint density at radius 2 is 1.56 bits per heavy atom. The predicted molar refractivity (Wildman–Crippen MR) is 148 cm³/mol. The van der Waals surface area contributed by atoms with Crippen molar-refractivity contribution in [3.8, 4) is 0 Å². The van der Waals surface area contributed by atoms with Gasteiger partial charge in [-0.2, -0.15) is 0 Å². The first-order chi connectivity index (χ1) is 16.4. The fourth-order valence-corrected chi connectivity index (χ4v) is 15.3. The van der Waals surface area contributed by atoms with Gasteiger partial charge in [0.25, 0.3) is 0 Å². The zero-order chi connectivity index (χ0) is 23.2. The van der Waals surface area contributed by atoms with Crippen molar-refractivity contribution in [1.82, 2.24) is 0 Å². The fraction of sp³-hybridized carbons (Fsp3) is 0.0769. The van der Waals surface area contributed by atoms with E-state index in [1.54, 1.807) is 0 Å². The molecule has 0 unspecified atom stereocenters. The number of thiophene rings is 2. The van der Waals surface area contributed by atoms with E-state index in [4.69, 9.17) is 0 Å². The zero-order valence-corrected chi connectivity index (χ0v) is 24.3. The van der Waals surface area contributed by atoms with E-state index >= 15 is 0 Å². The maximum atomic E-state index is 13.2. The molecule has 7 rings (SSSR count). The number of anilines is 3. The van der Waals surface area contributed by atoms with Crippen molar-refractivity contribution in [3.05, 3.63) is 79.3 Å². The average molecular weight is 626 g/mol. The summed E-state index contributed by atoms with van der Waals surface area (Å²) in [5, 5.41) is 11.2. The van der Waals surface area contributed by atoms with Crippen molar-refractivity contribution in [2.75, 3.05) is 4.90 Å². The third-order valence-electron chi connectivity index (χ3n) is 6.73. The van der Waals surface area contributed by atoms with Gasteiger partial charge >= 0.3 is 219 Å². The van der Waals surface area contributed by atoms with Crippen LogP contribution in [0, 0.1) is 0 Å². The second kappa shape index (κ2) is 7.49. The van der Waals surface area contributed by atoms with Gasteiger partial charge in [0.1, 0.15) is 0 Å². The third kappa shape index (κ3) is 2.91. The topological polar surface area (TPSA) is 37.4 Å². The van der Waals surface area contributed by atoms with E-state index in [-0.39, 0.29) is 40.6 Å². The van der Waals surface area contributed by atoms with E-state index in [2.05, 4.69) is 64.0 Å². The summed E-state index contributed by atoms with van der Waals surface area (Å²) in [5.41, 5.74) is 1.46. The first-order valence-electron chi connectivity index (χ1n) is 10.8. The summed E-state index contributed by atoms with van der Waals surface area (Å²) in [4.78, 5) is 30.9. The number of carbonyl (C=O) groups is 2. The summed E-state index contributed by atoms with van der Waals surface area (Å²) in [6.07, 6.45) is 1.85. The molecule has 2 aliphatic rings. The Bertz CT molecular complexity index is 1600. The molecule has 0 fully saturated rings. The third-order valence-corrected chi connectivity index (χ3v) is 16.4. The van der Waals surface area contributed by atoms with Gasteiger partial charge in [0.15, 0.2) is 0 Å². The zero-order valence-electron chi connectivity index (χ0n) is 18.2. The molecule has 1 aromatic carbocycles. The van der Waals surface area contributed by atoms with Gasteiger partial charge in [0, 0.05) is 0 Å². The van der Waals surface area contributed by atoms with Gasteiger partial charge in [-0.15, -0.1) is 0 Å². The summed E-state index contributed by atoms with van der Waals surface area (Å²) < 4.78 is 3.53. The summed E-state index contributed by atoms with van der Waals surface area (Å²) in [7, 11) is -1.69. The second-order valence-corrected chi connectivity index (χ2v) is 19.4. The van der Waals surface area contributed by atoms with Gasteiger partial charge < -0.3 is 0 Å². The summed E-state index contributed by atoms with van der Waals surface area (Å²) in [5.74, 6) is -0.255. The average Bonchev–Trinajstić information content (AvgIpc) is 3.63. The van der Waals surface area contributed by atoms with E-state index in [0.717, 1.165) is 9.82 Å². The van der Waals surface area contributed by atoms with Gasteiger partial charge in [-0.3, -0.25) is 0 Å². The van der Waals surface area contributed by atoms with Gasteiger partial charge in [-0.05, 0) is 0 Å². The molecule has 5 heterocycles. The first kappa shape index (κ1) is 21.3. The SMILES string of the molecule is C[Si]1(C)c2ccsc2N(c2ccc(/C=C3\C(=O)c4cc5cc[se]c5cc4C3=O)[se]2)c2sccc21. The molecule has 34 heavy (non-hydrogen) atoms. The van der Waals surface area contributed by atoms with Gasteiger partial charge in [0.05, 0.1) is 0 Å². The van der Waals surface area contributed by atoms with Crippen LogP contribution in [0.5, 0.6) is 0 Å². The van der Waals surface area contributed by atoms with E-state index in [1.807, 2.05) is 40.9 Å². The molecule has 166 valence electrons. The molecular formula is C26H17NO2S2Se2Si. The Morgan fingerprint density at radius 1 is 0.882 bits per heavy atom.